The van der Waals surface area contributed by atoms with Crippen LogP contribution in [0.2, 0.25) is 10.0 Å². The molecule has 1 saturated carbocycles. The van der Waals surface area contributed by atoms with Gasteiger partial charge >= 0.3 is 0 Å². The van der Waals surface area contributed by atoms with Crippen molar-refractivity contribution in [1.82, 2.24) is 0 Å². The summed E-state index contributed by atoms with van der Waals surface area (Å²) >= 11 is 11.8. The number of hydrogen-bond donors (Lipinski definition) is 0. The highest BCUT2D eigenvalue weighted by molar-refractivity contribution is 6.33. The summed E-state index contributed by atoms with van der Waals surface area (Å²) in [6, 6.07) is 5.26. The molecule has 0 aromatic heterocycles. The Morgan fingerprint density at radius 3 is 2.62 bits per heavy atom. The summed E-state index contributed by atoms with van der Waals surface area (Å²) in [5.74, 6) is 0.260. The van der Waals surface area contributed by atoms with Crippen molar-refractivity contribution in [3.05, 3.63) is 33.8 Å². The molecule has 0 bridgehead atoms. The highest BCUT2D eigenvalue weighted by Gasteiger charge is 2.31. The molecule has 0 spiro atoms. The number of hydrogen-bond acceptors (Lipinski definition) is 1. The fourth-order valence-electron chi connectivity index (χ4n) is 1.52. The minimum Gasteiger partial charge on any atom is -0.299 e. The summed E-state index contributed by atoms with van der Waals surface area (Å²) < 4.78 is 0. The second kappa shape index (κ2) is 3.32. The average molecular weight is 215 g/mol. The van der Waals surface area contributed by atoms with E-state index in [1.54, 1.807) is 18.2 Å². The average Bonchev–Trinajstić information content (AvgIpc) is 2.09. The molecular formula is C10H8Cl2O. The number of ketones is 1. The molecule has 13 heavy (non-hydrogen) atoms. The van der Waals surface area contributed by atoms with Crippen LogP contribution in [0.4, 0.5) is 0 Å². The highest BCUT2D eigenvalue weighted by Crippen LogP contribution is 2.37. The molecule has 2 rings (SSSR count). The summed E-state index contributed by atoms with van der Waals surface area (Å²) in [4.78, 5) is 11.2. The molecule has 1 nitrogen and oxygen atoms in total. The fraction of sp³-hybridized carbons (Fsp3) is 0.300. The number of benzene rings is 1. The summed E-state index contributed by atoms with van der Waals surface area (Å²) in [7, 11) is 0. The van der Waals surface area contributed by atoms with Crippen molar-refractivity contribution in [2.24, 2.45) is 0 Å². The van der Waals surface area contributed by atoms with Crippen molar-refractivity contribution in [1.29, 1.82) is 0 Å². The molecule has 1 atom stereocenters. The van der Waals surface area contributed by atoms with Gasteiger partial charge in [-0.05, 0) is 30.2 Å². The van der Waals surface area contributed by atoms with Gasteiger partial charge in [0.1, 0.15) is 5.78 Å². The first-order valence-corrected chi connectivity index (χ1v) is 4.92. The van der Waals surface area contributed by atoms with E-state index in [1.165, 1.54) is 0 Å². The van der Waals surface area contributed by atoms with E-state index in [-0.39, 0.29) is 11.7 Å². The van der Waals surface area contributed by atoms with E-state index in [0.29, 0.717) is 16.5 Å². The SMILES string of the molecule is O=C1CCC1c1cc(Cl)ccc1Cl. The Kier molecular flexibility index (Phi) is 2.31. The van der Waals surface area contributed by atoms with E-state index in [2.05, 4.69) is 0 Å². The van der Waals surface area contributed by atoms with E-state index in [0.717, 1.165) is 12.0 Å². The Morgan fingerprint density at radius 2 is 2.08 bits per heavy atom. The molecule has 0 radical (unpaired) electrons. The van der Waals surface area contributed by atoms with E-state index in [1.807, 2.05) is 0 Å². The number of carbonyl (C=O) groups is 1. The van der Waals surface area contributed by atoms with E-state index in [4.69, 9.17) is 23.2 Å². The maximum atomic E-state index is 11.2. The zero-order valence-electron chi connectivity index (χ0n) is 6.89. The maximum absolute atomic E-state index is 11.2. The lowest BCUT2D eigenvalue weighted by molar-refractivity contribution is -0.125. The second-order valence-electron chi connectivity index (χ2n) is 3.22. The number of Topliss-reactive ketones (excluding diaryl/α,β-unsaturated/α-hetero) is 1. The molecule has 1 aliphatic rings. The second-order valence-corrected chi connectivity index (χ2v) is 4.07. The van der Waals surface area contributed by atoms with Gasteiger partial charge in [-0.25, -0.2) is 0 Å². The largest absolute Gasteiger partial charge is 0.299 e. The van der Waals surface area contributed by atoms with Gasteiger partial charge in [-0.2, -0.15) is 0 Å². The highest BCUT2D eigenvalue weighted by atomic mass is 35.5. The molecule has 0 N–H and O–H groups in total. The monoisotopic (exact) mass is 214 g/mol. The van der Waals surface area contributed by atoms with Crippen LogP contribution < -0.4 is 0 Å². The van der Waals surface area contributed by atoms with Crippen LogP contribution >= 0.6 is 23.2 Å². The lowest BCUT2D eigenvalue weighted by Gasteiger charge is -2.25. The summed E-state index contributed by atoms with van der Waals surface area (Å²) in [5, 5.41) is 1.28. The topological polar surface area (TPSA) is 17.1 Å². The predicted molar refractivity (Wildman–Crippen MR) is 53.4 cm³/mol. The fourth-order valence-corrected chi connectivity index (χ4v) is 1.95. The first-order chi connectivity index (χ1) is 6.18. The molecule has 1 unspecified atom stereocenters. The minimum absolute atomic E-state index is 0.00815. The zero-order chi connectivity index (χ0) is 9.42. The Labute approximate surface area is 86.7 Å². The van der Waals surface area contributed by atoms with Crippen molar-refractivity contribution in [3.63, 3.8) is 0 Å². The molecule has 0 amide bonds. The van der Waals surface area contributed by atoms with Crippen LogP contribution in [-0.4, -0.2) is 5.78 Å². The Bertz CT molecular complexity index is 360. The van der Waals surface area contributed by atoms with E-state index in [9.17, 15) is 4.79 Å². The molecule has 1 aromatic rings. The molecule has 1 fully saturated rings. The van der Waals surface area contributed by atoms with Gasteiger partial charge in [0.05, 0.1) is 0 Å². The first-order valence-electron chi connectivity index (χ1n) is 4.16. The van der Waals surface area contributed by atoms with Crippen molar-refractivity contribution < 1.29 is 4.79 Å². The van der Waals surface area contributed by atoms with E-state index < -0.39 is 0 Å². The van der Waals surface area contributed by atoms with Gasteiger partial charge in [-0.1, -0.05) is 23.2 Å². The number of carbonyl (C=O) groups excluding carboxylic acids is 1. The van der Waals surface area contributed by atoms with Crippen LogP contribution in [0.5, 0.6) is 0 Å². The molecule has 1 aromatic carbocycles. The third kappa shape index (κ3) is 1.59. The normalized spacial score (nSPS) is 21.4. The van der Waals surface area contributed by atoms with Crippen molar-refractivity contribution in [2.45, 2.75) is 18.8 Å². The van der Waals surface area contributed by atoms with Gasteiger partial charge in [0.25, 0.3) is 0 Å². The lowest BCUT2D eigenvalue weighted by atomic mass is 9.79. The quantitative estimate of drug-likeness (QED) is 0.701. The third-order valence-electron chi connectivity index (χ3n) is 2.40. The van der Waals surface area contributed by atoms with Crippen molar-refractivity contribution in [2.75, 3.05) is 0 Å². The molecule has 0 aliphatic heterocycles. The molecule has 0 saturated heterocycles. The molecular weight excluding hydrogens is 207 g/mol. The summed E-state index contributed by atoms with van der Waals surface area (Å²) in [6.45, 7) is 0. The third-order valence-corrected chi connectivity index (χ3v) is 2.98. The Hall–Kier alpha value is -0.530. The van der Waals surface area contributed by atoms with Crippen LogP contribution in [-0.2, 0) is 4.79 Å². The van der Waals surface area contributed by atoms with Gasteiger partial charge in [-0.3, -0.25) is 4.79 Å². The van der Waals surface area contributed by atoms with Gasteiger partial charge in [0.2, 0.25) is 0 Å². The molecule has 1 aliphatic carbocycles. The first kappa shape index (κ1) is 9.04. The maximum Gasteiger partial charge on any atom is 0.140 e. The molecule has 3 heteroatoms. The minimum atomic E-state index is -0.00815. The van der Waals surface area contributed by atoms with Gasteiger partial charge in [0.15, 0.2) is 0 Å². The molecule has 0 heterocycles. The Morgan fingerprint density at radius 1 is 1.31 bits per heavy atom. The summed E-state index contributed by atoms with van der Waals surface area (Å²) in [6.07, 6.45) is 1.58. The van der Waals surface area contributed by atoms with Gasteiger partial charge in [-0.15, -0.1) is 0 Å². The lowest BCUT2D eigenvalue weighted by Crippen LogP contribution is -2.23. The van der Waals surface area contributed by atoms with E-state index >= 15 is 0 Å². The van der Waals surface area contributed by atoms with Crippen LogP contribution in [0, 0.1) is 0 Å². The van der Waals surface area contributed by atoms with Crippen LogP contribution in [0.3, 0.4) is 0 Å². The predicted octanol–water partition coefficient (Wildman–Crippen LogP) is 3.44. The number of rotatable bonds is 1. The van der Waals surface area contributed by atoms with Crippen LogP contribution in [0.25, 0.3) is 0 Å². The zero-order valence-corrected chi connectivity index (χ0v) is 8.40. The number of halogens is 2. The smallest absolute Gasteiger partial charge is 0.140 e. The van der Waals surface area contributed by atoms with Gasteiger partial charge < -0.3 is 0 Å². The summed E-state index contributed by atoms with van der Waals surface area (Å²) in [5.41, 5.74) is 0.880. The Balaban J connectivity index is 2.38. The van der Waals surface area contributed by atoms with Crippen LogP contribution in [0.15, 0.2) is 18.2 Å². The molecule has 68 valence electrons. The van der Waals surface area contributed by atoms with Crippen molar-refractivity contribution >= 4 is 29.0 Å². The van der Waals surface area contributed by atoms with Crippen LogP contribution in [0.1, 0.15) is 24.3 Å². The van der Waals surface area contributed by atoms with Gasteiger partial charge in [0, 0.05) is 22.4 Å². The standard InChI is InChI=1S/C10H8Cl2O/c11-6-1-3-9(12)8(5-6)7-2-4-10(7)13/h1,3,5,7H,2,4H2. The van der Waals surface area contributed by atoms with Crippen molar-refractivity contribution in [3.8, 4) is 0 Å².